The maximum absolute atomic E-state index is 12.3. The zero-order valence-electron chi connectivity index (χ0n) is 16.1. The van der Waals surface area contributed by atoms with Gasteiger partial charge >= 0.3 is 0 Å². The Balaban J connectivity index is 1.54. The highest BCUT2D eigenvalue weighted by Gasteiger charge is 2.29. The van der Waals surface area contributed by atoms with Crippen LogP contribution in [0.15, 0.2) is 58.1 Å². The van der Waals surface area contributed by atoms with Crippen LogP contribution in [0.1, 0.15) is 25.3 Å². The number of piperazine rings is 1. The van der Waals surface area contributed by atoms with Gasteiger partial charge in [0.05, 0.1) is 5.56 Å². The summed E-state index contributed by atoms with van der Waals surface area (Å²) in [4.78, 5) is 28.9. The molecule has 28 heavy (non-hydrogen) atoms. The third kappa shape index (κ3) is 3.33. The van der Waals surface area contributed by atoms with Crippen molar-refractivity contribution in [2.24, 2.45) is 0 Å². The van der Waals surface area contributed by atoms with Gasteiger partial charge in [0.2, 0.25) is 10.9 Å². The van der Waals surface area contributed by atoms with Gasteiger partial charge in [-0.15, -0.1) is 0 Å². The molecule has 0 saturated carbocycles. The van der Waals surface area contributed by atoms with Crippen molar-refractivity contribution in [2.45, 2.75) is 19.8 Å². The molecule has 0 radical (unpaired) electrons. The van der Waals surface area contributed by atoms with E-state index < -0.39 is 0 Å². The molecule has 1 heterocycles. The Labute approximate surface area is 169 Å². The van der Waals surface area contributed by atoms with Crippen molar-refractivity contribution >= 4 is 23.0 Å². The molecule has 0 atom stereocenters. The van der Waals surface area contributed by atoms with E-state index >= 15 is 0 Å². The molecule has 1 aliphatic heterocycles. The number of rotatable bonds is 4. The van der Waals surface area contributed by atoms with Gasteiger partial charge in [-0.1, -0.05) is 55.8 Å². The van der Waals surface area contributed by atoms with Crippen LogP contribution in [0.2, 0.25) is 5.02 Å². The molecule has 0 aliphatic carbocycles. The molecule has 1 aliphatic rings. The molecule has 1 saturated heterocycles. The Bertz CT molecular complexity index is 1060. The van der Waals surface area contributed by atoms with Crippen molar-refractivity contribution in [1.82, 2.24) is 0 Å². The van der Waals surface area contributed by atoms with Crippen LogP contribution in [0.25, 0.3) is 11.1 Å². The van der Waals surface area contributed by atoms with E-state index in [-0.39, 0.29) is 10.9 Å². The summed E-state index contributed by atoms with van der Waals surface area (Å²) in [7, 11) is 0. The lowest BCUT2D eigenvalue weighted by atomic mass is 9.94. The fraction of sp³-hybridized carbons (Fsp3) is 0.304. The average molecular weight is 395 g/mol. The summed E-state index contributed by atoms with van der Waals surface area (Å²) in [6.07, 6.45) is 0. The highest BCUT2D eigenvalue weighted by molar-refractivity contribution is 6.30. The third-order valence-electron chi connectivity index (χ3n) is 5.52. The van der Waals surface area contributed by atoms with E-state index in [1.165, 1.54) is 5.56 Å². The van der Waals surface area contributed by atoms with Crippen molar-refractivity contribution in [3.63, 3.8) is 0 Å². The molecule has 3 aromatic rings. The first-order valence-corrected chi connectivity index (χ1v) is 10.0. The molecule has 4 nitrogen and oxygen atoms in total. The van der Waals surface area contributed by atoms with E-state index in [0.29, 0.717) is 30.3 Å². The van der Waals surface area contributed by atoms with E-state index in [9.17, 15) is 9.59 Å². The molecule has 3 aromatic carbocycles. The van der Waals surface area contributed by atoms with Crippen LogP contribution in [0.3, 0.4) is 0 Å². The van der Waals surface area contributed by atoms with Crippen molar-refractivity contribution in [1.29, 1.82) is 0 Å². The standard InChI is InChI=1S/C23H23ClN2O2/c1-15(2)16-6-8-17(9-7-16)20-21(23(28)22(20)27)26-12-10-25(11-13-26)19-5-3-4-18(24)14-19/h3-9,14-15H,10-13H2,1-2H3. The lowest BCUT2D eigenvalue weighted by Gasteiger charge is -2.38. The predicted octanol–water partition coefficient (Wildman–Crippen LogP) is 4.05. The largest absolute Gasteiger partial charge is 0.368 e. The van der Waals surface area contributed by atoms with Gasteiger partial charge in [0.25, 0.3) is 0 Å². The lowest BCUT2D eigenvalue weighted by molar-refractivity contribution is 0.651. The third-order valence-corrected chi connectivity index (χ3v) is 5.76. The number of anilines is 2. The van der Waals surface area contributed by atoms with Gasteiger partial charge in [0, 0.05) is 36.9 Å². The Morgan fingerprint density at radius 1 is 0.857 bits per heavy atom. The van der Waals surface area contributed by atoms with Crippen molar-refractivity contribution in [3.05, 3.63) is 79.6 Å². The molecule has 0 spiro atoms. The van der Waals surface area contributed by atoms with Crippen molar-refractivity contribution < 1.29 is 0 Å². The van der Waals surface area contributed by atoms with Crippen molar-refractivity contribution in [2.75, 3.05) is 36.0 Å². The summed E-state index contributed by atoms with van der Waals surface area (Å²) in [5.41, 5.74) is 3.55. The Morgan fingerprint density at radius 2 is 1.50 bits per heavy atom. The molecule has 0 N–H and O–H groups in total. The summed E-state index contributed by atoms with van der Waals surface area (Å²) in [5, 5.41) is 0.717. The van der Waals surface area contributed by atoms with E-state index in [0.717, 1.165) is 29.4 Å². The van der Waals surface area contributed by atoms with Crippen LogP contribution < -0.4 is 20.7 Å². The molecular formula is C23H23ClN2O2. The molecular weight excluding hydrogens is 372 g/mol. The van der Waals surface area contributed by atoms with Gasteiger partial charge in [0.1, 0.15) is 5.69 Å². The van der Waals surface area contributed by atoms with Gasteiger partial charge in [-0.3, -0.25) is 9.59 Å². The van der Waals surface area contributed by atoms with E-state index in [1.54, 1.807) is 0 Å². The SMILES string of the molecule is CC(C)c1ccc(-c2c(N3CCN(c4cccc(Cl)c4)CC3)c(=O)c2=O)cc1. The quantitative estimate of drug-likeness (QED) is 0.626. The highest BCUT2D eigenvalue weighted by Crippen LogP contribution is 2.30. The molecule has 5 heteroatoms. The number of halogens is 1. The first-order chi connectivity index (χ1) is 13.5. The lowest BCUT2D eigenvalue weighted by Crippen LogP contribution is -2.51. The van der Waals surface area contributed by atoms with Gasteiger partial charge < -0.3 is 9.80 Å². The van der Waals surface area contributed by atoms with Crippen LogP contribution in [0.4, 0.5) is 11.4 Å². The van der Waals surface area contributed by atoms with Gasteiger partial charge in [-0.2, -0.15) is 0 Å². The summed E-state index contributed by atoms with van der Waals surface area (Å²) < 4.78 is 0. The van der Waals surface area contributed by atoms with E-state index in [2.05, 4.69) is 23.6 Å². The van der Waals surface area contributed by atoms with E-state index in [4.69, 9.17) is 11.6 Å². The smallest absolute Gasteiger partial charge is 0.250 e. The minimum atomic E-state index is -0.371. The monoisotopic (exact) mass is 394 g/mol. The summed E-state index contributed by atoms with van der Waals surface area (Å²) in [6.45, 7) is 7.24. The zero-order chi connectivity index (χ0) is 19.8. The Morgan fingerprint density at radius 3 is 2.11 bits per heavy atom. The first-order valence-electron chi connectivity index (χ1n) is 9.65. The summed E-state index contributed by atoms with van der Waals surface area (Å²) >= 11 is 6.10. The zero-order valence-corrected chi connectivity index (χ0v) is 16.9. The predicted molar refractivity (Wildman–Crippen MR) is 117 cm³/mol. The number of hydrogen-bond acceptors (Lipinski definition) is 4. The van der Waals surface area contributed by atoms with Crippen molar-refractivity contribution in [3.8, 4) is 11.1 Å². The average Bonchev–Trinajstić information content (AvgIpc) is 2.71. The number of nitrogens with zero attached hydrogens (tertiary/aromatic N) is 2. The van der Waals surface area contributed by atoms with E-state index in [1.807, 2.05) is 48.5 Å². The molecule has 0 bridgehead atoms. The maximum Gasteiger partial charge on any atom is 0.250 e. The molecule has 0 aromatic heterocycles. The molecule has 0 unspecified atom stereocenters. The van der Waals surface area contributed by atoms with Crippen LogP contribution in [-0.2, 0) is 0 Å². The second-order valence-corrected chi connectivity index (χ2v) is 8.05. The second-order valence-electron chi connectivity index (χ2n) is 7.61. The minimum Gasteiger partial charge on any atom is -0.368 e. The fourth-order valence-corrected chi connectivity index (χ4v) is 4.03. The summed E-state index contributed by atoms with van der Waals surface area (Å²) in [6, 6.07) is 15.8. The maximum atomic E-state index is 12.3. The Kier molecular flexibility index (Phi) is 4.98. The first kappa shape index (κ1) is 18.8. The van der Waals surface area contributed by atoms with Gasteiger partial charge in [-0.25, -0.2) is 0 Å². The minimum absolute atomic E-state index is 0.362. The topological polar surface area (TPSA) is 40.6 Å². The normalized spacial score (nSPS) is 14.9. The molecule has 144 valence electrons. The molecule has 4 rings (SSSR count). The second kappa shape index (κ2) is 7.44. The van der Waals surface area contributed by atoms with Crippen LogP contribution in [0.5, 0.6) is 0 Å². The molecule has 0 amide bonds. The van der Waals surface area contributed by atoms with Gasteiger partial charge in [0.15, 0.2) is 0 Å². The van der Waals surface area contributed by atoms with Crippen LogP contribution in [-0.4, -0.2) is 26.2 Å². The fourth-order valence-electron chi connectivity index (χ4n) is 3.84. The van der Waals surface area contributed by atoms with Gasteiger partial charge in [-0.05, 0) is 35.2 Å². The Hall–Kier alpha value is -2.59. The number of hydrogen-bond donors (Lipinski definition) is 0. The van der Waals surface area contributed by atoms with Crippen LogP contribution in [0, 0.1) is 0 Å². The molecule has 1 fully saturated rings. The van der Waals surface area contributed by atoms with Crippen LogP contribution >= 0.6 is 11.6 Å². The summed E-state index contributed by atoms with van der Waals surface area (Å²) in [5.74, 6) is 0.431. The highest BCUT2D eigenvalue weighted by atomic mass is 35.5. The number of benzene rings is 2.